The number of nitrogens with one attached hydrogen (secondary N) is 1. The van der Waals surface area contributed by atoms with Crippen LogP contribution in [0.4, 0.5) is 10.9 Å². The second kappa shape index (κ2) is 8.21. The summed E-state index contributed by atoms with van der Waals surface area (Å²) in [4.78, 5) is 9.17. The van der Waals surface area contributed by atoms with Gasteiger partial charge < -0.3 is 5.32 Å². The maximum absolute atomic E-state index is 13.4. The van der Waals surface area contributed by atoms with Crippen molar-refractivity contribution in [1.29, 1.82) is 0 Å². The first-order valence-electron chi connectivity index (χ1n) is 9.68. The molecule has 3 aromatic heterocycles. The van der Waals surface area contributed by atoms with Crippen LogP contribution in [-0.4, -0.2) is 39.0 Å². The SMILES string of the molecule is CCCn1cc(S(=O)(=O)N2CCC[C@H]2c2cccc(Nc3nccs3)n2)c(C)n1. The average molecular weight is 433 g/mol. The van der Waals surface area contributed by atoms with Crippen LogP contribution in [0.3, 0.4) is 0 Å². The summed E-state index contributed by atoms with van der Waals surface area (Å²) < 4.78 is 30.1. The minimum absolute atomic E-state index is 0.285. The van der Waals surface area contributed by atoms with Gasteiger partial charge in [-0.25, -0.2) is 18.4 Å². The van der Waals surface area contributed by atoms with E-state index in [1.165, 1.54) is 11.3 Å². The van der Waals surface area contributed by atoms with E-state index in [2.05, 4.69) is 20.4 Å². The van der Waals surface area contributed by atoms with Crippen molar-refractivity contribution >= 4 is 32.3 Å². The number of thiazole rings is 1. The zero-order chi connectivity index (χ0) is 20.4. The molecule has 1 saturated heterocycles. The molecule has 1 atom stereocenters. The summed E-state index contributed by atoms with van der Waals surface area (Å²) in [7, 11) is -3.65. The summed E-state index contributed by atoms with van der Waals surface area (Å²) in [5.74, 6) is 0.661. The van der Waals surface area contributed by atoms with Crippen molar-refractivity contribution in [2.45, 2.75) is 50.6 Å². The topological polar surface area (TPSA) is 93.0 Å². The van der Waals surface area contributed by atoms with E-state index < -0.39 is 10.0 Å². The number of anilines is 2. The monoisotopic (exact) mass is 432 g/mol. The van der Waals surface area contributed by atoms with E-state index in [-0.39, 0.29) is 10.9 Å². The van der Waals surface area contributed by atoms with Crippen molar-refractivity contribution in [2.24, 2.45) is 0 Å². The maximum atomic E-state index is 13.4. The van der Waals surface area contributed by atoms with Gasteiger partial charge in [0.15, 0.2) is 5.13 Å². The molecule has 0 amide bonds. The maximum Gasteiger partial charge on any atom is 0.247 e. The minimum atomic E-state index is -3.65. The van der Waals surface area contributed by atoms with Gasteiger partial charge in [-0.1, -0.05) is 13.0 Å². The third-order valence-electron chi connectivity index (χ3n) is 4.92. The molecule has 0 unspecified atom stereocenters. The first-order chi connectivity index (χ1) is 14.0. The minimum Gasteiger partial charge on any atom is -0.316 e. The normalized spacial score (nSPS) is 17.7. The van der Waals surface area contributed by atoms with E-state index in [0.29, 0.717) is 24.6 Å². The Morgan fingerprint density at radius 3 is 2.97 bits per heavy atom. The lowest BCUT2D eigenvalue weighted by Crippen LogP contribution is -2.31. The van der Waals surface area contributed by atoms with Crippen LogP contribution in [0, 0.1) is 6.92 Å². The Labute approximate surface area is 174 Å². The van der Waals surface area contributed by atoms with Crippen molar-refractivity contribution in [1.82, 2.24) is 24.1 Å². The lowest BCUT2D eigenvalue weighted by atomic mass is 10.1. The van der Waals surface area contributed by atoms with Gasteiger partial charge in [0.1, 0.15) is 10.7 Å². The lowest BCUT2D eigenvalue weighted by molar-refractivity contribution is 0.390. The van der Waals surface area contributed by atoms with Crippen LogP contribution in [-0.2, 0) is 16.6 Å². The highest BCUT2D eigenvalue weighted by Crippen LogP contribution is 2.37. The third kappa shape index (κ3) is 4.05. The molecular weight excluding hydrogens is 408 g/mol. The number of pyridine rings is 1. The van der Waals surface area contributed by atoms with Crippen LogP contribution in [0.1, 0.15) is 43.6 Å². The fourth-order valence-electron chi connectivity index (χ4n) is 3.65. The van der Waals surface area contributed by atoms with Crippen molar-refractivity contribution in [3.8, 4) is 0 Å². The molecule has 4 heterocycles. The molecule has 1 fully saturated rings. The summed E-state index contributed by atoms with van der Waals surface area (Å²) >= 11 is 1.49. The van der Waals surface area contributed by atoms with Crippen LogP contribution in [0.15, 0.2) is 40.9 Å². The van der Waals surface area contributed by atoms with Gasteiger partial charge in [0.2, 0.25) is 10.0 Å². The highest BCUT2D eigenvalue weighted by atomic mass is 32.2. The number of rotatable bonds is 7. The second-order valence-electron chi connectivity index (χ2n) is 7.03. The predicted octanol–water partition coefficient (Wildman–Crippen LogP) is 3.72. The lowest BCUT2D eigenvalue weighted by Gasteiger charge is -2.23. The first kappa shape index (κ1) is 20.0. The van der Waals surface area contributed by atoms with E-state index in [9.17, 15) is 8.42 Å². The fraction of sp³-hybridized carbons (Fsp3) is 0.421. The van der Waals surface area contributed by atoms with Gasteiger partial charge in [0.25, 0.3) is 0 Å². The molecule has 1 N–H and O–H groups in total. The zero-order valence-corrected chi connectivity index (χ0v) is 18.1. The number of hydrogen-bond acceptors (Lipinski definition) is 7. The van der Waals surface area contributed by atoms with Crippen LogP contribution >= 0.6 is 11.3 Å². The van der Waals surface area contributed by atoms with Crippen LogP contribution in [0.5, 0.6) is 0 Å². The van der Waals surface area contributed by atoms with Gasteiger partial charge in [-0.15, -0.1) is 11.3 Å². The standard InChI is InChI=1S/C19H24N6O2S2/c1-3-10-24-13-17(14(2)23-24)29(26,27)25-11-5-7-16(25)15-6-4-8-18(21-15)22-19-20-9-12-28-19/h4,6,8-9,12-13,16H,3,5,7,10-11H2,1-2H3,(H,20,21,22)/t16-/m0/s1. The Hall–Kier alpha value is -2.30. The molecule has 0 saturated carbocycles. The molecule has 10 heteroatoms. The van der Waals surface area contributed by atoms with Gasteiger partial charge in [-0.3, -0.25) is 4.68 Å². The highest BCUT2D eigenvalue weighted by molar-refractivity contribution is 7.89. The Morgan fingerprint density at radius 1 is 1.34 bits per heavy atom. The number of aryl methyl sites for hydroxylation is 2. The molecule has 0 bridgehead atoms. The number of nitrogens with zero attached hydrogens (tertiary/aromatic N) is 5. The van der Waals surface area contributed by atoms with Gasteiger partial charge >= 0.3 is 0 Å². The average Bonchev–Trinajstić information content (AvgIpc) is 3.43. The van der Waals surface area contributed by atoms with E-state index in [1.807, 2.05) is 30.5 Å². The summed E-state index contributed by atoms with van der Waals surface area (Å²) in [6.07, 6.45) is 5.82. The highest BCUT2D eigenvalue weighted by Gasteiger charge is 2.38. The molecule has 0 aliphatic carbocycles. The quantitative estimate of drug-likeness (QED) is 0.612. The van der Waals surface area contributed by atoms with Gasteiger partial charge in [-0.05, 0) is 38.3 Å². The Balaban J connectivity index is 1.62. The third-order valence-corrected chi connectivity index (χ3v) is 7.62. The molecule has 4 rings (SSSR count). The molecule has 154 valence electrons. The Morgan fingerprint density at radius 2 is 2.21 bits per heavy atom. The van der Waals surface area contributed by atoms with Crippen LogP contribution in [0.2, 0.25) is 0 Å². The fourth-order valence-corrected chi connectivity index (χ4v) is 6.02. The number of hydrogen-bond donors (Lipinski definition) is 1. The summed E-state index contributed by atoms with van der Waals surface area (Å²) in [6.45, 7) is 4.98. The Bertz CT molecular complexity index is 1080. The molecule has 0 radical (unpaired) electrons. The van der Waals surface area contributed by atoms with Gasteiger partial charge in [-0.2, -0.15) is 9.40 Å². The number of aromatic nitrogens is 4. The molecule has 0 spiro atoms. The number of sulfonamides is 1. The van der Waals surface area contributed by atoms with Crippen molar-refractivity contribution in [3.63, 3.8) is 0 Å². The second-order valence-corrected chi connectivity index (χ2v) is 9.78. The van der Waals surface area contributed by atoms with Gasteiger partial charge in [0.05, 0.1) is 17.4 Å². The molecule has 8 nitrogen and oxygen atoms in total. The van der Waals surface area contributed by atoms with E-state index in [4.69, 9.17) is 0 Å². The van der Waals surface area contributed by atoms with Gasteiger partial charge in [0, 0.05) is 30.9 Å². The van der Waals surface area contributed by atoms with Crippen molar-refractivity contribution in [3.05, 3.63) is 47.4 Å². The summed E-state index contributed by atoms with van der Waals surface area (Å²) in [5.41, 5.74) is 1.28. The molecule has 0 aromatic carbocycles. The predicted molar refractivity (Wildman–Crippen MR) is 113 cm³/mol. The molecule has 3 aromatic rings. The summed E-state index contributed by atoms with van der Waals surface area (Å²) in [6, 6.07) is 5.36. The molecule has 1 aliphatic heterocycles. The van der Waals surface area contributed by atoms with Crippen LogP contribution in [0.25, 0.3) is 0 Å². The largest absolute Gasteiger partial charge is 0.316 e. The zero-order valence-electron chi connectivity index (χ0n) is 16.4. The van der Waals surface area contributed by atoms with Crippen molar-refractivity contribution in [2.75, 3.05) is 11.9 Å². The van der Waals surface area contributed by atoms with Crippen LogP contribution < -0.4 is 5.32 Å². The molecular formula is C19H24N6O2S2. The van der Waals surface area contributed by atoms with E-state index in [1.54, 1.807) is 28.3 Å². The first-order valence-corrected chi connectivity index (χ1v) is 12.0. The smallest absolute Gasteiger partial charge is 0.247 e. The summed E-state index contributed by atoms with van der Waals surface area (Å²) in [5, 5.41) is 10.2. The van der Waals surface area contributed by atoms with E-state index >= 15 is 0 Å². The Kier molecular flexibility index (Phi) is 5.66. The van der Waals surface area contributed by atoms with Crippen molar-refractivity contribution < 1.29 is 8.42 Å². The molecule has 1 aliphatic rings. The van der Waals surface area contributed by atoms with E-state index in [0.717, 1.165) is 30.1 Å². The molecule has 29 heavy (non-hydrogen) atoms.